The minimum Gasteiger partial charge on any atom is -0.319 e. The zero-order chi connectivity index (χ0) is 13.2. The highest BCUT2D eigenvalue weighted by molar-refractivity contribution is 5.81. The molecule has 0 bridgehead atoms. The van der Waals surface area contributed by atoms with Crippen molar-refractivity contribution in [2.24, 2.45) is 13.0 Å². The Balaban J connectivity index is 1.76. The molecule has 19 heavy (non-hydrogen) atoms. The van der Waals surface area contributed by atoms with Crippen LogP contribution in [0.1, 0.15) is 12.1 Å². The quantitative estimate of drug-likeness (QED) is 0.904. The van der Waals surface area contributed by atoms with E-state index in [1.165, 1.54) is 36.1 Å². The van der Waals surface area contributed by atoms with Crippen LogP contribution in [0.4, 0.5) is 0 Å². The predicted octanol–water partition coefficient (Wildman–Crippen LogP) is 1.61. The molecular formula is C15H22N4. The van der Waals surface area contributed by atoms with E-state index in [2.05, 4.69) is 39.6 Å². The molecule has 4 heteroatoms. The first-order chi connectivity index (χ1) is 9.28. The zero-order valence-electron chi connectivity index (χ0n) is 11.8. The van der Waals surface area contributed by atoms with E-state index in [1.807, 2.05) is 18.8 Å². The molecule has 2 heterocycles. The molecule has 1 aromatic heterocycles. The van der Waals surface area contributed by atoms with Crippen molar-refractivity contribution in [2.45, 2.75) is 13.0 Å². The summed E-state index contributed by atoms with van der Waals surface area (Å²) < 4.78 is 1.99. The molecule has 1 unspecified atom stereocenters. The van der Waals surface area contributed by atoms with Gasteiger partial charge >= 0.3 is 0 Å². The molecular weight excluding hydrogens is 236 g/mol. The second-order valence-corrected chi connectivity index (χ2v) is 5.53. The highest BCUT2D eigenvalue weighted by Crippen LogP contribution is 2.22. The SMILES string of the molecule is CNCC1CCN(Cc2nn(C)c3ccccc23)C1. The lowest BCUT2D eigenvalue weighted by molar-refractivity contribution is 0.311. The van der Waals surface area contributed by atoms with E-state index in [4.69, 9.17) is 0 Å². The number of hydrogen-bond donors (Lipinski definition) is 1. The fraction of sp³-hybridized carbons (Fsp3) is 0.533. The first-order valence-corrected chi connectivity index (χ1v) is 7.05. The number of para-hydroxylation sites is 1. The summed E-state index contributed by atoms with van der Waals surface area (Å²) >= 11 is 0. The van der Waals surface area contributed by atoms with E-state index in [9.17, 15) is 0 Å². The monoisotopic (exact) mass is 258 g/mol. The van der Waals surface area contributed by atoms with Crippen molar-refractivity contribution in [1.29, 1.82) is 0 Å². The molecule has 4 nitrogen and oxygen atoms in total. The minimum atomic E-state index is 0.792. The molecule has 1 aliphatic heterocycles. The number of fused-ring (bicyclic) bond motifs is 1. The first-order valence-electron chi connectivity index (χ1n) is 7.05. The van der Waals surface area contributed by atoms with Gasteiger partial charge in [0.05, 0.1) is 11.2 Å². The summed E-state index contributed by atoms with van der Waals surface area (Å²) in [6.45, 7) is 4.48. The van der Waals surface area contributed by atoms with Crippen LogP contribution in [0, 0.1) is 5.92 Å². The van der Waals surface area contributed by atoms with E-state index in [-0.39, 0.29) is 0 Å². The van der Waals surface area contributed by atoms with Crippen LogP contribution in [-0.2, 0) is 13.6 Å². The number of nitrogens with zero attached hydrogens (tertiary/aromatic N) is 3. The number of likely N-dealkylation sites (tertiary alicyclic amines) is 1. The second-order valence-electron chi connectivity index (χ2n) is 5.53. The molecule has 1 saturated heterocycles. The van der Waals surface area contributed by atoms with Gasteiger partial charge < -0.3 is 5.32 Å². The third-order valence-electron chi connectivity index (χ3n) is 4.07. The molecule has 1 aliphatic rings. The van der Waals surface area contributed by atoms with Gasteiger partial charge in [0.2, 0.25) is 0 Å². The molecule has 1 fully saturated rings. The number of aromatic nitrogens is 2. The average molecular weight is 258 g/mol. The van der Waals surface area contributed by atoms with Crippen molar-refractivity contribution >= 4 is 10.9 Å². The van der Waals surface area contributed by atoms with Crippen LogP contribution in [0.25, 0.3) is 10.9 Å². The van der Waals surface area contributed by atoms with Gasteiger partial charge in [-0.2, -0.15) is 5.10 Å². The van der Waals surface area contributed by atoms with Crippen molar-refractivity contribution in [3.8, 4) is 0 Å². The summed E-state index contributed by atoms with van der Waals surface area (Å²) in [5, 5.41) is 9.26. The van der Waals surface area contributed by atoms with E-state index in [0.717, 1.165) is 19.0 Å². The molecule has 0 spiro atoms. The Kier molecular flexibility index (Phi) is 3.53. The molecule has 3 rings (SSSR count). The van der Waals surface area contributed by atoms with Crippen LogP contribution >= 0.6 is 0 Å². The maximum atomic E-state index is 4.68. The highest BCUT2D eigenvalue weighted by atomic mass is 15.3. The van der Waals surface area contributed by atoms with E-state index >= 15 is 0 Å². The molecule has 1 aromatic carbocycles. The van der Waals surface area contributed by atoms with Crippen LogP contribution < -0.4 is 5.32 Å². The van der Waals surface area contributed by atoms with Crippen LogP contribution in [0.15, 0.2) is 24.3 Å². The minimum absolute atomic E-state index is 0.792. The summed E-state index contributed by atoms with van der Waals surface area (Å²) in [6, 6.07) is 8.49. The van der Waals surface area contributed by atoms with Gasteiger partial charge in [-0.1, -0.05) is 18.2 Å². The summed E-state index contributed by atoms with van der Waals surface area (Å²) in [4.78, 5) is 2.52. The lowest BCUT2D eigenvalue weighted by atomic mass is 10.1. The Labute approximate surface area is 114 Å². The van der Waals surface area contributed by atoms with Gasteiger partial charge in [-0.3, -0.25) is 9.58 Å². The van der Waals surface area contributed by atoms with Gasteiger partial charge in [-0.05, 0) is 38.5 Å². The zero-order valence-corrected chi connectivity index (χ0v) is 11.8. The summed E-state index contributed by atoms with van der Waals surface area (Å²) in [5.41, 5.74) is 2.44. The molecule has 2 aromatic rings. The van der Waals surface area contributed by atoms with Gasteiger partial charge in [-0.25, -0.2) is 0 Å². The van der Waals surface area contributed by atoms with Crippen molar-refractivity contribution in [2.75, 3.05) is 26.7 Å². The van der Waals surface area contributed by atoms with E-state index in [1.54, 1.807) is 0 Å². The number of benzene rings is 1. The predicted molar refractivity (Wildman–Crippen MR) is 78.0 cm³/mol. The van der Waals surface area contributed by atoms with Crippen molar-refractivity contribution in [3.05, 3.63) is 30.0 Å². The van der Waals surface area contributed by atoms with Gasteiger partial charge in [0.15, 0.2) is 0 Å². The molecule has 0 amide bonds. The number of hydrogen-bond acceptors (Lipinski definition) is 3. The Morgan fingerprint density at radius 2 is 2.21 bits per heavy atom. The number of rotatable bonds is 4. The van der Waals surface area contributed by atoms with Crippen molar-refractivity contribution in [1.82, 2.24) is 20.0 Å². The molecule has 1 N–H and O–H groups in total. The Hall–Kier alpha value is -1.39. The Morgan fingerprint density at radius 3 is 3.05 bits per heavy atom. The summed E-state index contributed by atoms with van der Waals surface area (Å²) in [5.74, 6) is 0.792. The summed E-state index contributed by atoms with van der Waals surface area (Å²) in [7, 11) is 4.06. The fourth-order valence-electron chi connectivity index (χ4n) is 3.13. The Bertz CT molecular complexity index is 560. The fourth-order valence-corrected chi connectivity index (χ4v) is 3.13. The standard InChI is InChI=1S/C15H22N4/c1-16-9-12-7-8-19(10-12)11-14-13-5-3-4-6-15(13)18(2)17-14/h3-6,12,16H,7-11H2,1-2H3. The molecule has 1 atom stereocenters. The highest BCUT2D eigenvalue weighted by Gasteiger charge is 2.23. The van der Waals surface area contributed by atoms with Gasteiger partial charge in [0.1, 0.15) is 0 Å². The topological polar surface area (TPSA) is 33.1 Å². The van der Waals surface area contributed by atoms with Crippen LogP contribution in [0.2, 0.25) is 0 Å². The number of aryl methyl sites for hydroxylation is 1. The third-order valence-corrected chi connectivity index (χ3v) is 4.07. The Morgan fingerprint density at radius 1 is 1.37 bits per heavy atom. The summed E-state index contributed by atoms with van der Waals surface area (Å²) in [6.07, 6.45) is 1.30. The second kappa shape index (κ2) is 5.31. The van der Waals surface area contributed by atoms with Gasteiger partial charge in [0, 0.05) is 25.5 Å². The molecule has 0 saturated carbocycles. The maximum Gasteiger partial charge on any atom is 0.0843 e. The number of nitrogens with one attached hydrogen (secondary N) is 1. The lowest BCUT2D eigenvalue weighted by Crippen LogP contribution is -2.24. The van der Waals surface area contributed by atoms with E-state index in [0.29, 0.717) is 0 Å². The maximum absolute atomic E-state index is 4.68. The largest absolute Gasteiger partial charge is 0.319 e. The normalized spacial score (nSPS) is 20.4. The lowest BCUT2D eigenvalue weighted by Gasteiger charge is -2.14. The van der Waals surface area contributed by atoms with Crippen LogP contribution in [0.5, 0.6) is 0 Å². The third kappa shape index (κ3) is 2.51. The molecule has 0 radical (unpaired) electrons. The van der Waals surface area contributed by atoms with Crippen LogP contribution in [-0.4, -0.2) is 41.4 Å². The van der Waals surface area contributed by atoms with Gasteiger partial charge in [-0.15, -0.1) is 0 Å². The van der Waals surface area contributed by atoms with E-state index < -0.39 is 0 Å². The van der Waals surface area contributed by atoms with Crippen molar-refractivity contribution in [3.63, 3.8) is 0 Å². The molecule has 102 valence electrons. The molecule has 0 aliphatic carbocycles. The van der Waals surface area contributed by atoms with Crippen LogP contribution in [0.3, 0.4) is 0 Å². The van der Waals surface area contributed by atoms with Crippen molar-refractivity contribution < 1.29 is 0 Å². The smallest absolute Gasteiger partial charge is 0.0843 e. The first kappa shape index (κ1) is 12.6. The van der Waals surface area contributed by atoms with Gasteiger partial charge in [0.25, 0.3) is 0 Å². The average Bonchev–Trinajstić information content (AvgIpc) is 2.97.